The maximum absolute atomic E-state index is 10.9. The molecule has 0 aliphatic rings. The zero-order valence-electron chi connectivity index (χ0n) is 18.1. The van der Waals surface area contributed by atoms with Crippen LogP contribution in [0.4, 0.5) is 0 Å². The first-order valence-corrected chi connectivity index (χ1v) is 12.3. The molecule has 0 aliphatic carbocycles. The van der Waals surface area contributed by atoms with Gasteiger partial charge in [-0.3, -0.25) is 0 Å². The number of benzene rings is 2. The van der Waals surface area contributed by atoms with E-state index >= 15 is 0 Å². The van der Waals surface area contributed by atoms with Crippen LogP contribution in [0.2, 0.25) is 0 Å². The van der Waals surface area contributed by atoms with Crippen LogP contribution < -0.4 is 0 Å². The lowest BCUT2D eigenvalue weighted by molar-refractivity contribution is 0.196. The van der Waals surface area contributed by atoms with Gasteiger partial charge < -0.3 is 5.11 Å². The highest BCUT2D eigenvalue weighted by Gasteiger charge is 2.11. The molecule has 29 heavy (non-hydrogen) atoms. The van der Waals surface area contributed by atoms with Gasteiger partial charge in [-0.2, -0.15) is 0 Å². The minimum atomic E-state index is -0.351. The standard InChI is InChI=1S/C27H38OS/c1-2-3-4-5-6-7-8-13-18-25(23-29-26-19-14-10-15-20-26)27(28)22-21-24-16-11-9-12-17-24/h9-12,14-17,19-20,23,27-28H,2-8,13,18,21-22H2,1H3/b25-23+. The van der Waals surface area contributed by atoms with Gasteiger partial charge in [0.2, 0.25) is 0 Å². The van der Waals surface area contributed by atoms with Gasteiger partial charge in [-0.1, -0.05) is 112 Å². The Hall–Kier alpha value is -1.51. The largest absolute Gasteiger partial charge is 0.389 e. The van der Waals surface area contributed by atoms with Gasteiger partial charge in [0.25, 0.3) is 0 Å². The third kappa shape index (κ3) is 10.7. The Balaban J connectivity index is 1.81. The van der Waals surface area contributed by atoms with E-state index in [1.807, 2.05) is 12.1 Å². The quantitative estimate of drug-likeness (QED) is 0.236. The third-order valence-corrected chi connectivity index (χ3v) is 6.35. The van der Waals surface area contributed by atoms with Crippen LogP contribution in [0.25, 0.3) is 0 Å². The molecule has 0 fully saturated rings. The van der Waals surface area contributed by atoms with Crippen molar-refractivity contribution in [3.05, 3.63) is 77.2 Å². The molecule has 0 aromatic heterocycles. The fourth-order valence-electron chi connectivity index (χ4n) is 3.54. The second-order valence-corrected chi connectivity index (χ2v) is 8.83. The molecule has 1 atom stereocenters. The summed E-state index contributed by atoms with van der Waals surface area (Å²) in [4.78, 5) is 1.23. The van der Waals surface area contributed by atoms with Crippen LogP contribution in [0.15, 0.2) is 76.5 Å². The van der Waals surface area contributed by atoms with E-state index in [-0.39, 0.29) is 6.10 Å². The Morgan fingerprint density at radius 1 is 0.828 bits per heavy atom. The Morgan fingerprint density at radius 3 is 2.07 bits per heavy atom. The lowest BCUT2D eigenvalue weighted by Gasteiger charge is -2.16. The highest BCUT2D eigenvalue weighted by molar-refractivity contribution is 8.02. The first-order chi connectivity index (χ1) is 14.3. The van der Waals surface area contributed by atoms with Crippen molar-refractivity contribution < 1.29 is 5.11 Å². The van der Waals surface area contributed by atoms with Gasteiger partial charge >= 0.3 is 0 Å². The molecule has 0 saturated carbocycles. The Bertz CT molecular complexity index is 665. The van der Waals surface area contributed by atoms with Gasteiger partial charge in [-0.25, -0.2) is 0 Å². The molecule has 1 N–H and O–H groups in total. The minimum absolute atomic E-state index is 0.351. The molecule has 0 radical (unpaired) electrons. The first kappa shape index (κ1) is 23.8. The molecule has 2 aromatic carbocycles. The van der Waals surface area contributed by atoms with Crippen LogP contribution in [-0.4, -0.2) is 11.2 Å². The van der Waals surface area contributed by atoms with Gasteiger partial charge in [0.15, 0.2) is 0 Å². The summed E-state index contributed by atoms with van der Waals surface area (Å²) in [6.45, 7) is 2.27. The molecule has 0 spiro atoms. The molecule has 2 heteroatoms. The highest BCUT2D eigenvalue weighted by Crippen LogP contribution is 2.26. The maximum atomic E-state index is 10.9. The van der Waals surface area contributed by atoms with E-state index in [2.05, 4.69) is 60.9 Å². The predicted octanol–water partition coefficient (Wildman–Crippen LogP) is 8.19. The lowest BCUT2D eigenvalue weighted by Crippen LogP contribution is -2.11. The van der Waals surface area contributed by atoms with E-state index < -0.39 is 0 Å². The van der Waals surface area contributed by atoms with Crippen molar-refractivity contribution in [1.82, 2.24) is 0 Å². The average Bonchev–Trinajstić information content (AvgIpc) is 2.77. The molecule has 0 aliphatic heterocycles. The van der Waals surface area contributed by atoms with Crippen LogP contribution in [0.5, 0.6) is 0 Å². The van der Waals surface area contributed by atoms with E-state index in [9.17, 15) is 5.11 Å². The Morgan fingerprint density at radius 2 is 1.41 bits per heavy atom. The molecule has 2 aromatic rings. The number of aliphatic hydroxyl groups is 1. The van der Waals surface area contributed by atoms with Crippen molar-refractivity contribution in [3.8, 4) is 0 Å². The van der Waals surface area contributed by atoms with Crippen LogP contribution in [-0.2, 0) is 6.42 Å². The highest BCUT2D eigenvalue weighted by atomic mass is 32.2. The van der Waals surface area contributed by atoms with Gasteiger partial charge in [0.05, 0.1) is 6.10 Å². The monoisotopic (exact) mass is 410 g/mol. The van der Waals surface area contributed by atoms with Gasteiger partial charge in [0.1, 0.15) is 0 Å². The maximum Gasteiger partial charge on any atom is 0.0761 e. The average molecular weight is 411 g/mol. The Labute approximate surface area is 182 Å². The zero-order valence-corrected chi connectivity index (χ0v) is 18.9. The number of unbranched alkanes of at least 4 members (excludes halogenated alkanes) is 7. The lowest BCUT2D eigenvalue weighted by atomic mass is 9.98. The van der Waals surface area contributed by atoms with E-state index in [0.717, 1.165) is 19.3 Å². The molecule has 0 saturated heterocycles. The summed E-state index contributed by atoms with van der Waals surface area (Å²) in [7, 11) is 0. The summed E-state index contributed by atoms with van der Waals surface area (Å²) < 4.78 is 0. The molecule has 158 valence electrons. The number of aliphatic hydroxyl groups excluding tert-OH is 1. The fraction of sp³-hybridized carbons (Fsp3) is 0.481. The summed E-state index contributed by atoms with van der Waals surface area (Å²) in [5.74, 6) is 0. The molecule has 0 bridgehead atoms. The molecule has 0 heterocycles. The zero-order chi connectivity index (χ0) is 20.6. The van der Waals surface area contributed by atoms with Crippen molar-refractivity contribution in [2.45, 2.75) is 88.6 Å². The normalized spacial score (nSPS) is 12.8. The topological polar surface area (TPSA) is 20.2 Å². The first-order valence-electron chi connectivity index (χ1n) is 11.4. The molecular formula is C27H38OS. The SMILES string of the molecule is CCCCCCCCCC/C(=C\Sc1ccccc1)C(O)CCc1ccccc1. The molecular weight excluding hydrogens is 372 g/mol. The second-order valence-electron chi connectivity index (χ2n) is 7.89. The predicted molar refractivity (Wildman–Crippen MR) is 128 cm³/mol. The summed E-state index contributed by atoms with van der Waals surface area (Å²) >= 11 is 1.73. The van der Waals surface area contributed by atoms with Crippen molar-refractivity contribution in [2.24, 2.45) is 0 Å². The van der Waals surface area contributed by atoms with E-state index in [1.165, 1.54) is 67.4 Å². The van der Waals surface area contributed by atoms with E-state index in [0.29, 0.717) is 0 Å². The second kappa shape index (κ2) is 15.3. The van der Waals surface area contributed by atoms with Crippen molar-refractivity contribution >= 4 is 11.8 Å². The summed E-state index contributed by atoms with van der Waals surface area (Å²) in [6, 6.07) is 20.9. The van der Waals surface area contributed by atoms with E-state index in [1.54, 1.807) is 11.8 Å². The third-order valence-electron chi connectivity index (χ3n) is 5.39. The number of rotatable bonds is 15. The van der Waals surface area contributed by atoms with Crippen molar-refractivity contribution in [2.75, 3.05) is 0 Å². The van der Waals surface area contributed by atoms with E-state index in [4.69, 9.17) is 0 Å². The molecule has 1 nitrogen and oxygen atoms in total. The smallest absolute Gasteiger partial charge is 0.0761 e. The number of hydrogen-bond donors (Lipinski definition) is 1. The van der Waals surface area contributed by atoms with Gasteiger partial charge in [-0.15, -0.1) is 0 Å². The summed E-state index contributed by atoms with van der Waals surface area (Å²) in [5, 5.41) is 13.1. The number of hydrogen-bond acceptors (Lipinski definition) is 2. The molecule has 0 amide bonds. The van der Waals surface area contributed by atoms with Gasteiger partial charge in [0, 0.05) is 4.90 Å². The summed E-state index contributed by atoms with van der Waals surface area (Å²) in [5.41, 5.74) is 2.49. The number of aryl methyl sites for hydroxylation is 1. The van der Waals surface area contributed by atoms with Crippen LogP contribution in [0.1, 0.15) is 76.7 Å². The van der Waals surface area contributed by atoms with Crippen LogP contribution >= 0.6 is 11.8 Å². The fourth-order valence-corrected chi connectivity index (χ4v) is 4.42. The van der Waals surface area contributed by atoms with Crippen molar-refractivity contribution in [1.29, 1.82) is 0 Å². The summed E-state index contributed by atoms with van der Waals surface area (Å²) in [6.07, 6.45) is 12.9. The molecule has 1 unspecified atom stereocenters. The minimum Gasteiger partial charge on any atom is -0.389 e. The van der Waals surface area contributed by atoms with Crippen LogP contribution in [0, 0.1) is 0 Å². The van der Waals surface area contributed by atoms with Crippen molar-refractivity contribution in [3.63, 3.8) is 0 Å². The van der Waals surface area contributed by atoms with Gasteiger partial charge in [-0.05, 0) is 54.4 Å². The molecule has 2 rings (SSSR count). The Kier molecular flexibility index (Phi) is 12.6. The number of thioether (sulfide) groups is 1. The van der Waals surface area contributed by atoms with Crippen LogP contribution in [0.3, 0.4) is 0 Å².